The second-order valence-corrected chi connectivity index (χ2v) is 4.32. The zero-order valence-corrected chi connectivity index (χ0v) is 8.16. The monoisotopic (exact) mass is 180 g/mol. The third-order valence-corrected chi connectivity index (χ3v) is 3.30. The van der Waals surface area contributed by atoms with Crippen molar-refractivity contribution < 1.29 is 4.90 Å². The van der Waals surface area contributed by atoms with Crippen molar-refractivity contribution in [3.05, 3.63) is 28.5 Å². The van der Waals surface area contributed by atoms with Crippen molar-refractivity contribution in [2.75, 3.05) is 20.1 Å². The van der Waals surface area contributed by atoms with Crippen LogP contribution in [0.15, 0.2) is 23.6 Å². The molecule has 2 heterocycles. The lowest BCUT2D eigenvalue weighted by Crippen LogP contribution is -3.09. The maximum atomic E-state index is 2.38. The van der Waals surface area contributed by atoms with E-state index in [1.165, 1.54) is 24.4 Å². The molecule has 1 nitrogen and oxygen atoms in total. The standard InChI is InChI=1S/C10H13NS/c1-11-6-4-9(5-7-11)10-3-2-8-12-10/h2-4,8H,5-7H2,1H3/p+1. The van der Waals surface area contributed by atoms with Crippen molar-refractivity contribution in [2.45, 2.75) is 6.42 Å². The summed E-state index contributed by atoms with van der Waals surface area (Å²) in [6.45, 7) is 2.47. The molecule has 1 aliphatic heterocycles. The van der Waals surface area contributed by atoms with Crippen molar-refractivity contribution >= 4 is 16.9 Å². The molecule has 2 heteroatoms. The van der Waals surface area contributed by atoms with Crippen LogP contribution in [0.2, 0.25) is 0 Å². The fourth-order valence-corrected chi connectivity index (χ4v) is 2.33. The second kappa shape index (κ2) is 3.42. The summed E-state index contributed by atoms with van der Waals surface area (Å²) < 4.78 is 0. The van der Waals surface area contributed by atoms with Gasteiger partial charge in [-0.05, 0) is 23.1 Å². The van der Waals surface area contributed by atoms with Crippen molar-refractivity contribution in [1.29, 1.82) is 0 Å². The van der Waals surface area contributed by atoms with Crippen LogP contribution in [-0.4, -0.2) is 20.1 Å². The fraction of sp³-hybridized carbons (Fsp3) is 0.400. The Balaban J connectivity index is 2.16. The molecule has 0 saturated carbocycles. The van der Waals surface area contributed by atoms with Gasteiger partial charge >= 0.3 is 0 Å². The zero-order valence-electron chi connectivity index (χ0n) is 7.34. The van der Waals surface area contributed by atoms with E-state index in [9.17, 15) is 0 Å². The van der Waals surface area contributed by atoms with E-state index in [2.05, 4.69) is 30.6 Å². The normalized spacial score (nSPS) is 23.8. The van der Waals surface area contributed by atoms with E-state index in [0.717, 1.165) is 0 Å². The molecule has 1 unspecified atom stereocenters. The molecule has 64 valence electrons. The lowest BCUT2D eigenvalue weighted by molar-refractivity contribution is -0.874. The predicted octanol–water partition coefficient (Wildman–Crippen LogP) is 1.05. The Bertz CT molecular complexity index is 274. The summed E-state index contributed by atoms with van der Waals surface area (Å²) in [4.78, 5) is 3.08. The molecule has 0 bridgehead atoms. The highest BCUT2D eigenvalue weighted by Gasteiger charge is 2.11. The van der Waals surface area contributed by atoms with E-state index in [4.69, 9.17) is 0 Å². The van der Waals surface area contributed by atoms with E-state index in [0.29, 0.717) is 0 Å². The molecule has 0 fully saturated rings. The van der Waals surface area contributed by atoms with Crippen molar-refractivity contribution in [1.82, 2.24) is 0 Å². The van der Waals surface area contributed by atoms with Gasteiger partial charge in [0.2, 0.25) is 0 Å². The van der Waals surface area contributed by atoms with Crippen molar-refractivity contribution in [3.63, 3.8) is 0 Å². The van der Waals surface area contributed by atoms with Crippen LogP contribution in [-0.2, 0) is 0 Å². The van der Waals surface area contributed by atoms with Gasteiger partial charge in [0.05, 0.1) is 20.1 Å². The second-order valence-electron chi connectivity index (χ2n) is 3.37. The molecule has 2 rings (SSSR count). The van der Waals surface area contributed by atoms with Gasteiger partial charge in [-0.2, -0.15) is 0 Å². The minimum absolute atomic E-state index is 1.19. The molecule has 0 radical (unpaired) electrons. The van der Waals surface area contributed by atoms with Gasteiger partial charge < -0.3 is 4.90 Å². The fourth-order valence-electron chi connectivity index (χ4n) is 1.53. The number of quaternary nitrogens is 1. The maximum absolute atomic E-state index is 2.38. The van der Waals surface area contributed by atoms with Crippen LogP contribution in [0.1, 0.15) is 11.3 Å². The first-order valence-electron chi connectivity index (χ1n) is 4.40. The molecule has 1 aromatic heterocycles. The minimum atomic E-state index is 1.19. The van der Waals surface area contributed by atoms with Crippen LogP contribution in [0, 0.1) is 0 Å². The number of thiophene rings is 1. The van der Waals surface area contributed by atoms with Crippen molar-refractivity contribution in [2.24, 2.45) is 0 Å². The summed E-state index contributed by atoms with van der Waals surface area (Å²) in [6, 6.07) is 4.35. The minimum Gasteiger partial charge on any atom is -0.334 e. The molecule has 1 atom stereocenters. The molecule has 0 saturated heterocycles. The number of hydrogen-bond donors (Lipinski definition) is 1. The molecular weight excluding hydrogens is 166 g/mol. The van der Waals surface area contributed by atoms with Gasteiger partial charge in [0.25, 0.3) is 0 Å². The van der Waals surface area contributed by atoms with Gasteiger partial charge in [-0.3, -0.25) is 0 Å². The maximum Gasteiger partial charge on any atom is 0.0962 e. The first-order valence-corrected chi connectivity index (χ1v) is 5.28. The third-order valence-electron chi connectivity index (χ3n) is 2.36. The van der Waals surface area contributed by atoms with Gasteiger partial charge in [0.1, 0.15) is 0 Å². The molecule has 1 aromatic rings. The van der Waals surface area contributed by atoms with Crippen LogP contribution < -0.4 is 4.90 Å². The molecule has 0 spiro atoms. The Morgan fingerprint density at radius 3 is 3.00 bits per heavy atom. The molecular formula is C10H14NS+. The summed E-state index contributed by atoms with van der Waals surface area (Å²) in [5.74, 6) is 0. The molecule has 12 heavy (non-hydrogen) atoms. The van der Waals surface area contributed by atoms with Crippen LogP contribution in [0.5, 0.6) is 0 Å². The number of rotatable bonds is 1. The first-order chi connectivity index (χ1) is 5.86. The van der Waals surface area contributed by atoms with Gasteiger partial charge in [-0.1, -0.05) is 6.07 Å². The molecule has 0 amide bonds. The van der Waals surface area contributed by atoms with Gasteiger partial charge in [-0.15, -0.1) is 11.3 Å². The smallest absolute Gasteiger partial charge is 0.0962 e. The molecule has 1 aliphatic rings. The van der Waals surface area contributed by atoms with Crippen molar-refractivity contribution in [3.8, 4) is 0 Å². The van der Waals surface area contributed by atoms with Crippen LogP contribution in [0.3, 0.4) is 0 Å². The summed E-state index contributed by atoms with van der Waals surface area (Å²) in [6.07, 6.45) is 3.62. The lowest BCUT2D eigenvalue weighted by Gasteiger charge is -2.18. The van der Waals surface area contributed by atoms with E-state index >= 15 is 0 Å². The highest BCUT2D eigenvalue weighted by molar-refractivity contribution is 7.11. The summed E-state index contributed by atoms with van der Waals surface area (Å²) >= 11 is 1.85. The van der Waals surface area contributed by atoms with E-state index in [-0.39, 0.29) is 0 Å². The number of hydrogen-bond acceptors (Lipinski definition) is 1. The highest BCUT2D eigenvalue weighted by Crippen LogP contribution is 2.22. The summed E-state index contributed by atoms with van der Waals surface area (Å²) in [7, 11) is 2.25. The predicted molar refractivity (Wildman–Crippen MR) is 53.5 cm³/mol. The van der Waals surface area contributed by atoms with E-state index < -0.39 is 0 Å². The first kappa shape index (κ1) is 8.02. The topological polar surface area (TPSA) is 4.44 Å². The van der Waals surface area contributed by atoms with Gasteiger partial charge in [0, 0.05) is 11.3 Å². The Kier molecular flexibility index (Phi) is 2.28. The SMILES string of the molecule is C[NH+]1CC=C(c2cccs2)CC1. The zero-order chi connectivity index (χ0) is 8.39. The van der Waals surface area contributed by atoms with Crippen LogP contribution in [0.25, 0.3) is 5.57 Å². The van der Waals surface area contributed by atoms with Gasteiger partial charge in [-0.25, -0.2) is 0 Å². The largest absolute Gasteiger partial charge is 0.334 e. The average Bonchev–Trinajstić information content (AvgIpc) is 2.58. The van der Waals surface area contributed by atoms with E-state index in [1.54, 1.807) is 10.5 Å². The Hall–Kier alpha value is -0.600. The summed E-state index contributed by atoms with van der Waals surface area (Å²) in [5, 5.41) is 2.15. The molecule has 1 N–H and O–H groups in total. The lowest BCUT2D eigenvalue weighted by atomic mass is 10.1. The van der Waals surface area contributed by atoms with Crippen LogP contribution >= 0.6 is 11.3 Å². The van der Waals surface area contributed by atoms with Crippen LogP contribution in [0.4, 0.5) is 0 Å². The Morgan fingerprint density at radius 1 is 1.50 bits per heavy atom. The van der Waals surface area contributed by atoms with Gasteiger partial charge in [0.15, 0.2) is 0 Å². The Labute approximate surface area is 77.3 Å². The number of nitrogens with one attached hydrogen (secondary N) is 1. The Morgan fingerprint density at radius 2 is 2.42 bits per heavy atom. The average molecular weight is 180 g/mol. The molecule has 0 aromatic carbocycles. The molecule has 0 aliphatic carbocycles. The third kappa shape index (κ3) is 1.59. The summed E-state index contributed by atoms with van der Waals surface area (Å²) in [5.41, 5.74) is 1.55. The number of likely N-dealkylation sites (N-methyl/N-ethyl adjacent to an activating group) is 1. The highest BCUT2D eigenvalue weighted by atomic mass is 32.1. The quantitative estimate of drug-likeness (QED) is 0.659. The van der Waals surface area contributed by atoms with E-state index in [1.807, 2.05) is 11.3 Å².